The number of carboxylic acids is 1. The number of benzene rings is 1. The zero-order valence-electron chi connectivity index (χ0n) is 10.5. The van der Waals surface area contributed by atoms with Crippen molar-refractivity contribution in [1.82, 2.24) is 5.32 Å². The summed E-state index contributed by atoms with van der Waals surface area (Å²) in [7, 11) is 0. The van der Waals surface area contributed by atoms with Gasteiger partial charge in [-0.3, -0.25) is 9.59 Å². The molecule has 18 heavy (non-hydrogen) atoms. The summed E-state index contributed by atoms with van der Waals surface area (Å²) in [5, 5.41) is 11.6. The van der Waals surface area contributed by atoms with Crippen molar-refractivity contribution in [3.8, 4) is 0 Å². The maximum atomic E-state index is 11.8. The summed E-state index contributed by atoms with van der Waals surface area (Å²) >= 11 is 6.07. The first kappa shape index (κ1) is 14.5. The van der Waals surface area contributed by atoms with Gasteiger partial charge in [0.15, 0.2) is 0 Å². The summed E-state index contributed by atoms with van der Waals surface area (Å²) in [5.41, 5.74) is 1.32. The molecule has 0 saturated carbocycles. The van der Waals surface area contributed by atoms with E-state index in [1.54, 1.807) is 18.2 Å². The number of carboxylic acid groups (broad SMARTS) is 1. The van der Waals surface area contributed by atoms with E-state index in [-0.39, 0.29) is 5.92 Å². The molecule has 1 amide bonds. The minimum atomic E-state index is -1.08. The van der Waals surface area contributed by atoms with Gasteiger partial charge in [0.05, 0.1) is 0 Å². The Balaban J connectivity index is 2.88. The van der Waals surface area contributed by atoms with Crippen molar-refractivity contribution in [3.05, 3.63) is 34.3 Å². The molecule has 0 aliphatic carbocycles. The fourth-order valence-corrected chi connectivity index (χ4v) is 1.88. The molecule has 2 N–H and O–H groups in total. The van der Waals surface area contributed by atoms with Crippen molar-refractivity contribution in [2.24, 2.45) is 0 Å². The largest absolute Gasteiger partial charge is 0.480 e. The number of carbonyl (C=O) groups is 2. The highest BCUT2D eigenvalue weighted by Crippen LogP contribution is 2.25. The number of rotatable bonds is 4. The van der Waals surface area contributed by atoms with Crippen LogP contribution in [0.3, 0.4) is 0 Å². The number of halogens is 1. The van der Waals surface area contributed by atoms with Gasteiger partial charge < -0.3 is 10.4 Å². The van der Waals surface area contributed by atoms with Crippen LogP contribution < -0.4 is 5.32 Å². The van der Waals surface area contributed by atoms with Crippen LogP contribution in [0.1, 0.15) is 42.6 Å². The number of nitrogens with one attached hydrogen (secondary N) is 1. The van der Waals surface area contributed by atoms with Crippen LogP contribution in [-0.2, 0) is 4.79 Å². The predicted octanol–water partition coefficient (Wildman–Crippen LogP) is 2.67. The molecule has 1 aromatic rings. The van der Waals surface area contributed by atoms with Crippen LogP contribution in [0, 0.1) is 0 Å². The van der Waals surface area contributed by atoms with Gasteiger partial charge in [-0.1, -0.05) is 31.5 Å². The predicted molar refractivity (Wildman–Crippen MR) is 70.1 cm³/mol. The molecule has 4 nitrogen and oxygen atoms in total. The Morgan fingerprint density at radius 3 is 2.33 bits per heavy atom. The molecule has 98 valence electrons. The summed E-state index contributed by atoms with van der Waals surface area (Å²) in [6.45, 7) is 5.42. The summed E-state index contributed by atoms with van der Waals surface area (Å²) < 4.78 is 0. The molecule has 0 bridgehead atoms. The van der Waals surface area contributed by atoms with Gasteiger partial charge in [0.1, 0.15) is 6.04 Å². The smallest absolute Gasteiger partial charge is 0.325 e. The second-order valence-electron chi connectivity index (χ2n) is 4.42. The minimum absolute atomic E-state index is 0.271. The Morgan fingerprint density at radius 1 is 1.28 bits per heavy atom. The fourth-order valence-electron chi connectivity index (χ4n) is 1.48. The highest BCUT2D eigenvalue weighted by Gasteiger charge is 2.16. The van der Waals surface area contributed by atoms with Crippen molar-refractivity contribution in [2.45, 2.75) is 32.7 Å². The monoisotopic (exact) mass is 269 g/mol. The highest BCUT2D eigenvalue weighted by molar-refractivity contribution is 6.31. The third kappa shape index (κ3) is 3.47. The van der Waals surface area contributed by atoms with E-state index in [0.29, 0.717) is 10.6 Å². The molecule has 0 unspecified atom stereocenters. The standard InChI is InChI=1S/C13H16ClNO3/c1-7(2)10-5-4-9(6-11(10)14)12(16)15-8(3)13(17)18/h4-8H,1-3H3,(H,15,16)(H,17,18)/t8-/m1/s1. The average molecular weight is 270 g/mol. The topological polar surface area (TPSA) is 66.4 Å². The third-order valence-corrected chi connectivity index (χ3v) is 2.93. The fraction of sp³-hybridized carbons (Fsp3) is 0.385. The lowest BCUT2D eigenvalue weighted by Gasteiger charge is -2.12. The van der Waals surface area contributed by atoms with Gasteiger partial charge in [-0.15, -0.1) is 0 Å². The molecule has 0 aromatic heterocycles. The Bertz CT molecular complexity index is 471. The van der Waals surface area contributed by atoms with Crippen molar-refractivity contribution >= 4 is 23.5 Å². The quantitative estimate of drug-likeness (QED) is 0.883. The summed E-state index contributed by atoms with van der Waals surface area (Å²) in [4.78, 5) is 22.4. The number of carbonyl (C=O) groups excluding carboxylic acids is 1. The lowest BCUT2D eigenvalue weighted by atomic mass is 10.0. The molecule has 0 spiro atoms. The molecule has 0 heterocycles. The summed E-state index contributed by atoms with van der Waals surface area (Å²) in [5.74, 6) is -1.25. The molecule has 0 saturated heterocycles. The zero-order valence-corrected chi connectivity index (χ0v) is 11.3. The number of hydrogen-bond donors (Lipinski definition) is 2. The molecule has 5 heteroatoms. The second-order valence-corrected chi connectivity index (χ2v) is 4.83. The lowest BCUT2D eigenvalue weighted by molar-refractivity contribution is -0.138. The zero-order chi connectivity index (χ0) is 13.9. The van der Waals surface area contributed by atoms with Gasteiger partial charge in [0.2, 0.25) is 0 Å². The maximum Gasteiger partial charge on any atom is 0.325 e. The van der Waals surface area contributed by atoms with Crippen LogP contribution in [0.5, 0.6) is 0 Å². The van der Waals surface area contributed by atoms with E-state index in [0.717, 1.165) is 5.56 Å². The van der Waals surface area contributed by atoms with E-state index >= 15 is 0 Å². The van der Waals surface area contributed by atoms with E-state index in [9.17, 15) is 9.59 Å². The summed E-state index contributed by atoms with van der Waals surface area (Å²) in [6, 6.07) is 4.06. The molecular formula is C13H16ClNO3. The number of aliphatic carboxylic acids is 1. The molecule has 1 aromatic carbocycles. The maximum absolute atomic E-state index is 11.8. The van der Waals surface area contributed by atoms with Crippen LogP contribution in [0.15, 0.2) is 18.2 Å². The normalized spacial score (nSPS) is 12.3. The van der Waals surface area contributed by atoms with Gasteiger partial charge in [-0.25, -0.2) is 0 Å². The third-order valence-electron chi connectivity index (χ3n) is 2.60. The van der Waals surface area contributed by atoms with Gasteiger partial charge in [0, 0.05) is 10.6 Å². The number of amides is 1. The molecule has 0 aliphatic heterocycles. The highest BCUT2D eigenvalue weighted by atomic mass is 35.5. The Kier molecular flexibility index (Phi) is 4.73. The van der Waals surface area contributed by atoms with E-state index < -0.39 is 17.9 Å². The first-order valence-electron chi connectivity index (χ1n) is 5.66. The summed E-state index contributed by atoms with van der Waals surface area (Å²) in [6.07, 6.45) is 0. The molecule has 1 atom stereocenters. The van der Waals surface area contributed by atoms with E-state index in [1.807, 2.05) is 13.8 Å². The van der Waals surface area contributed by atoms with Crippen molar-refractivity contribution in [2.75, 3.05) is 0 Å². The Labute approximate surface area is 111 Å². The minimum Gasteiger partial charge on any atom is -0.480 e. The first-order valence-corrected chi connectivity index (χ1v) is 6.03. The molecule has 1 rings (SSSR count). The first-order chi connectivity index (χ1) is 8.32. The lowest BCUT2D eigenvalue weighted by Crippen LogP contribution is -2.38. The SMILES string of the molecule is CC(C)c1ccc(C(=O)N[C@H](C)C(=O)O)cc1Cl. The van der Waals surface area contributed by atoms with E-state index in [4.69, 9.17) is 16.7 Å². The van der Waals surface area contributed by atoms with E-state index in [1.165, 1.54) is 6.92 Å². The van der Waals surface area contributed by atoms with Crippen molar-refractivity contribution in [3.63, 3.8) is 0 Å². The van der Waals surface area contributed by atoms with Gasteiger partial charge in [0.25, 0.3) is 5.91 Å². The van der Waals surface area contributed by atoms with Crippen LogP contribution in [-0.4, -0.2) is 23.0 Å². The van der Waals surface area contributed by atoms with Crippen LogP contribution >= 0.6 is 11.6 Å². The molecule has 0 fully saturated rings. The molecular weight excluding hydrogens is 254 g/mol. The van der Waals surface area contributed by atoms with Crippen molar-refractivity contribution < 1.29 is 14.7 Å². The Morgan fingerprint density at radius 2 is 1.89 bits per heavy atom. The van der Waals surface area contributed by atoms with Gasteiger partial charge in [-0.05, 0) is 30.5 Å². The van der Waals surface area contributed by atoms with Crippen LogP contribution in [0.2, 0.25) is 5.02 Å². The Hall–Kier alpha value is -1.55. The van der Waals surface area contributed by atoms with Gasteiger partial charge in [-0.2, -0.15) is 0 Å². The van der Waals surface area contributed by atoms with E-state index in [2.05, 4.69) is 5.32 Å². The van der Waals surface area contributed by atoms with Crippen LogP contribution in [0.25, 0.3) is 0 Å². The van der Waals surface area contributed by atoms with Crippen LogP contribution in [0.4, 0.5) is 0 Å². The van der Waals surface area contributed by atoms with Gasteiger partial charge >= 0.3 is 5.97 Å². The molecule has 0 aliphatic rings. The second kappa shape index (κ2) is 5.87. The molecule has 0 radical (unpaired) electrons. The average Bonchev–Trinajstić information content (AvgIpc) is 2.27. The number of hydrogen-bond acceptors (Lipinski definition) is 2. The van der Waals surface area contributed by atoms with Crippen molar-refractivity contribution in [1.29, 1.82) is 0 Å².